The first-order valence-corrected chi connectivity index (χ1v) is 3.46. The highest BCUT2D eigenvalue weighted by molar-refractivity contribution is 5.65. The van der Waals surface area contributed by atoms with E-state index in [1.807, 2.05) is 6.92 Å². The van der Waals surface area contributed by atoms with Crippen LogP contribution in [0.25, 0.3) is 0 Å². The van der Waals surface area contributed by atoms with Crippen LogP contribution in [0, 0.1) is 6.92 Å². The zero-order valence-electron chi connectivity index (χ0n) is 6.92. The van der Waals surface area contributed by atoms with Crippen LogP contribution in [-0.4, -0.2) is 11.4 Å². The van der Waals surface area contributed by atoms with Gasteiger partial charge < -0.3 is 9.32 Å². The molecular formula is C8H11NO2. The fourth-order valence-electron chi connectivity index (χ4n) is 0.725. The van der Waals surface area contributed by atoms with Gasteiger partial charge in [0.25, 0.3) is 0 Å². The molecule has 0 aliphatic rings. The van der Waals surface area contributed by atoms with Crippen molar-refractivity contribution >= 4 is 6.29 Å². The first kappa shape index (κ1) is 7.98. The van der Waals surface area contributed by atoms with Crippen LogP contribution in [0.15, 0.2) is 10.6 Å². The minimum atomic E-state index is -0.554. The normalized spacial score (nSPS) is 11.5. The Kier molecular flexibility index (Phi) is 1.81. The van der Waals surface area contributed by atoms with Crippen molar-refractivity contribution in [1.29, 1.82) is 0 Å². The average Bonchev–Trinajstić information content (AvgIpc) is 2.36. The predicted molar refractivity (Wildman–Crippen MR) is 40.3 cm³/mol. The van der Waals surface area contributed by atoms with Gasteiger partial charge in [0, 0.05) is 6.07 Å². The van der Waals surface area contributed by atoms with E-state index < -0.39 is 5.41 Å². The Morgan fingerprint density at radius 3 is 2.64 bits per heavy atom. The highest BCUT2D eigenvalue weighted by Gasteiger charge is 2.24. The van der Waals surface area contributed by atoms with Gasteiger partial charge in [-0.2, -0.15) is 0 Å². The summed E-state index contributed by atoms with van der Waals surface area (Å²) in [5.74, 6) is 0.616. The summed E-state index contributed by atoms with van der Waals surface area (Å²) in [5, 5.41) is 3.70. The maximum Gasteiger partial charge on any atom is 0.149 e. The van der Waals surface area contributed by atoms with E-state index in [0.29, 0.717) is 5.76 Å². The molecule has 0 aliphatic heterocycles. The molecule has 0 amide bonds. The van der Waals surface area contributed by atoms with Gasteiger partial charge >= 0.3 is 0 Å². The van der Waals surface area contributed by atoms with E-state index >= 15 is 0 Å². The van der Waals surface area contributed by atoms with Crippen molar-refractivity contribution in [3.8, 4) is 0 Å². The summed E-state index contributed by atoms with van der Waals surface area (Å²) < 4.78 is 4.94. The number of hydrogen-bond acceptors (Lipinski definition) is 3. The maximum atomic E-state index is 10.5. The molecule has 1 aromatic rings. The molecule has 3 nitrogen and oxygen atoms in total. The third-order valence-electron chi connectivity index (χ3n) is 1.56. The van der Waals surface area contributed by atoms with Crippen LogP contribution in [0.2, 0.25) is 0 Å². The van der Waals surface area contributed by atoms with Gasteiger partial charge in [-0.05, 0) is 20.8 Å². The van der Waals surface area contributed by atoms with Crippen LogP contribution in [0.3, 0.4) is 0 Å². The number of aryl methyl sites for hydroxylation is 1. The fourth-order valence-corrected chi connectivity index (χ4v) is 0.725. The first-order chi connectivity index (χ1) is 5.06. The van der Waals surface area contributed by atoms with Crippen molar-refractivity contribution in [3.63, 3.8) is 0 Å². The molecule has 11 heavy (non-hydrogen) atoms. The summed E-state index contributed by atoms with van der Waals surface area (Å²) in [5.41, 5.74) is 0.247. The lowest BCUT2D eigenvalue weighted by molar-refractivity contribution is -0.112. The van der Waals surface area contributed by atoms with Crippen LogP contribution >= 0.6 is 0 Å². The lowest BCUT2D eigenvalue weighted by Crippen LogP contribution is -2.17. The molecule has 0 saturated heterocycles. The van der Waals surface area contributed by atoms with Crippen molar-refractivity contribution in [2.45, 2.75) is 26.2 Å². The lowest BCUT2D eigenvalue weighted by atomic mass is 9.92. The Bertz CT molecular complexity index is 263. The second-order valence-electron chi connectivity index (χ2n) is 3.17. The number of carbonyl (C=O) groups is 1. The van der Waals surface area contributed by atoms with E-state index in [9.17, 15) is 4.79 Å². The van der Waals surface area contributed by atoms with Gasteiger partial charge in [0.1, 0.15) is 12.0 Å². The standard InChI is InChI=1S/C8H11NO2/c1-6-4-7(11-9-6)8(2,3)5-10/h4-5H,1-3H3. The smallest absolute Gasteiger partial charge is 0.149 e. The van der Waals surface area contributed by atoms with Gasteiger partial charge in [0.05, 0.1) is 11.1 Å². The van der Waals surface area contributed by atoms with Crippen molar-refractivity contribution < 1.29 is 9.32 Å². The molecule has 0 atom stereocenters. The van der Waals surface area contributed by atoms with Gasteiger partial charge in [0.2, 0.25) is 0 Å². The summed E-state index contributed by atoms with van der Waals surface area (Å²) in [7, 11) is 0. The Hall–Kier alpha value is -1.12. The van der Waals surface area contributed by atoms with Gasteiger partial charge in [0.15, 0.2) is 0 Å². The molecule has 0 bridgehead atoms. The average molecular weight is 153 g/mol. The van der Waals surface area contributed by atoms with Gasteiger partial charge in [-0.3, -0.25) is 0 Å². The van der Waals surface area contributed by atoms with E-state index in [1.54, 1.807) is 19.9 Å². The van der Waals surface area contributed by atoms with Crippen LogP contribution in [0.5, 0.6) is 0 Å². The minimum Gasteiger partial charge on any atom is -0.360 e. The first-order valence-electron chi connectivity index (χ1n) is 3.46. The van der Waals surface area contributed by atoms with Crippen molar-refractivity contribution in [3.05, 3.63) is 17.5 Å². The Morgan fingerprint density at radius 1 is 1.64 bits per heavy atom. The second-order valence-corrected chi connectivity index (χ2v) is 3.17. The third kappa shape index (κ3) is 1.48. The fraction of sp³-hybridized carbons (Fsp3) is 0.500. The van der Waals surface area contributed by atoms with Crippen LogP contribution in [0.1, 0.15) is 25.3 Å². The number of aldehydes is 1. The van der Waals surface area contributed by atoms with Gasteiger partial charge in [-0.25, -0.2) is 0 Å². The molecular weight excluding hydrogens is 142 g/mol. The van der Waals surface area contributed by atoms with Gasteiger partial charge in [-0.1, -0.05) is 5.16 Å². The molecule has 1 rings (SSSR count). The largest absolute Gasteiger partial charge is 0.360 e. The number of hydrogen-bond donors (Lipinski definition) is 0. The quantitative estimate of drug-likeness (QED) is 0.604. The zero-order valence-corrected chi connectivity index (χ0v) is 6.92. The summed E-state index contributed by atoms with van der Waals surface area (Å²) in [4.78, 5) is 10.5. The van der Waals surface area contributed by atoms with Crippen LogP contribution < -0.4 is 0 Å². The molecule has 0 spiro atoms. The Morgan fingerprint density at radius 2 is 2.27 bits per heavy atom. The summed E-state index contributed by atoms with van der Waals surface area (Å²) in [6.45, 7) is 5.41. The summed E-state index contributed by atoms with van der Waals surface area (Å²) in [6.07, 6.45) is 0.854. The topological polar surface area (TPSA) is 43.1 Å². The maximum absolute atomic E-state index is 10.5. The molecule has 3 heteroatoms. The van der Waals surface area contributed by atoms with E-state index in [-0.39, 0.29) is 0 Å². The zero-order chi connectivity index (χ0) is 8.48. The number of rotatable bonds is 2. The highest BCUT2D eigenvalue weighted by atomic mass is 16.5. The van der Waals surface area contributed by atoms with Crippen molar-refractivity contribution in [2.75, 3.05) is 0 Å². The molecule has 0 saturated carbocycles. The van der Waals surface area contributed by atoms with Crippen LogP contribution in [-0.2, 0) is 10.2 Å². The van der Waals surface area contributed by atoms with E-state index in [2.05, 4.69) is 5.16 Å². The summed E-state index contributed by atoms with van der Waals surface area (Å²) >= 11 is 0. The highest BCUT2D eigenvalue weighted by Crippen LogP contribution is 2.20. The summed E-state index contributed by atoms with van der Waals surface area (Å²) in [6, 6.07) is 1.77. The number of carbonyl (C=O) groups excluding carboxylic acids is 1. The molecule has 60 valence electrons. The molecule has 0 radical (unpaired) electrons. The lowest BCUT2D eigenvalue weighted by Gasteiger charge is -2.10. The van der Waals surface area contributed by atoms with E-state index in [4.69, 9.17) is 4.52 Å². The predicted octanol–water partition coefficient (Wildman–Crippen LogP) is 1.46. The van der Waals surface area contributed by atoms with Crippen LogP contribution in [0.4, 0.5) is 0 Å². The van der Waals surface area contributed by atoms with E-state index in [1.165, 1.54) is 0 Å². The molecule has 0 aliphatic carbocycles. The molecule has 0 fully saturated rings. The van der Waals surface area contributed by atoms with Gasteiger partial charge in [-0.15, -0.1) is 0 Å². The SMILES string of the molecule is Cc1cc(C(C)(C)C=O)on1. The molecule has 1 heterocycles. The van der Waals surface area contributed by atoms with E-state index in [0.717, 1.165) is 12.0 Å². The Balaban J connectivity index is 3.01. The molecule has 0 aromatic carbocycles. The van der Waals surface area contributed by atoms with Crippen molar-refractivity contribution in [2.24, 2.45) is 0 Å². The number of nitrogens with zero attached hydrogens (tertiary/aromatic N) is 1. The number of aromatic nitrogens is 1. The second kappa shape index (κ2) is 2.49. The molecule has 1 aromatic heterocycles. The minimum absolute atomic E-state index is 0.554. The molecule has 0 unspecified atom stereocenters. The Labute approximate surface area is 65.4 Å². The third-order valence-corrected chi connectivity index (χ3v) is 1.56. The van der Waals surface area contributed by atoms with Crippen molar-refractivity contribution in [1.82, 2.24) is 5.16 Å². The molecule has 0 N–H and O–H groups in total. The monoisotopic (exact) mass is 153 g/mol.